The molecule has 1 aromatic carbocycles. The van der Waals surface area contributed by atoms with Gasteiger partial charge in [0.25, 0.3) is 0 Å². The second-order valence-electron chi connectivity index (χ2n) is 2.50. The zero-order chi connectivity index (χ0) is 9.84. The first-order chi connectivity index (χ1) is 6.13. The SMILES string of the molecule is COc1cc(CC(=O)Cl)ccc1F. The van der Waals surface area contributed by atoms with Gasteiger partial charge in [0.05, 0.1) is 7.11 Å². The number of benzene rings is 1. The minimum Gasteiger partial charge on any atom is -0.494 e. The third-order valence-corrected chi connectivity index (χ3v) is 1.69. The van der Waals surface area contributed by atoms with E-state index in [9.17, 15) is 9.18 Å². The molecule has 13 heavy (non-hydrogen) atoms. The van der Waals surface area contributed by atoms with Crippen LogP contribution in [0.3, 0.4) is 0 Å². The second kappa shape index (κ2) is 4.23. The first kappa shape index (κ1) is 9.99. The Hall–Kier alpha value is -1.09. The largest absolute Gasteiger partial charge is 0.494 e. The molecule has 0 N–H and O–H groups in total. The van der Waals surface area contributed by atoms with Crippen LogP contribution in [0.4, 0.5) is 4.39 Å². The Bertz CT molecular complexity index is 325. The van der Waals surface area contributed by atoms with Crippen LogP contribution in [0.25, 0.3) is 0 Å². The fraction of sp³-hybridized carbons (Fsp3) is 0.222. The molecule has 2 nitrogen and oxygen atoms in total. The van der Waals surface area contributed by atoms with Crippen LogP contribution in [-0.4, -0.2) is 12.4 Å². The summed E-state index contributed by atoms with van der Waals surface area (Å²) in [6, 6.07) is 4.20. The molecule has 0 spiro atoms. The van der Waals surface area contributed by atoms with Crippen LogP contribution in [0.1, 0.15) is 5.56 Å². The molecule has 4 heteroatoms. The van der Waals surface area contributed by atoms with E-state index < -0.39 is 11.1 Å². The molecule has 0 atom stereocenters. The van der Waals surface area contributed by atoms with Crippen molar-refractivity contribution in [2.45, 2.75) is 6.42 Å². The zero-order valence-electron chi connectivity index (χ0n) is 7.01. The monoisotopic (exact) mass is 202 g/mol. The van der Waals surface area contributed by atoms with Crippen LogP contribution in [0, 0.1) is 5.82 Å². The van der Waals surface area contributed by atoms with Crippen molar-refractivity contribution < 1.29 is 13.9 Å². The van der Waals surface area contributed by atoms with Crippen molar-refractivity contribution in [2.75, 3.05) is 7.11 Å². The van der Waals surface area contributed by atoms with Crippen molar-refractivity contribution in [3.63, 3.8) is 0 Å². The molecule has 0 saturated heterocycles. The summed E-state index contributed by atoms with van der Waals surface area (Å²) < 4.78 is 17.6. The summed E-state index contributed by atoms with van der Waals surface area (Å²) in [7, 11) is 1.37. The van der Waals surface area contributed by atoms with Gasteiger partial charge in [-0.3, -0.25) is 4.79 Å². The minimum atomic E-state index is -0.478. The Balaban J connectivity index is 2.92. The van der Waals surface area contributed by atoms with Gasteiger partial charge in [-0.05, 0) is 29.3 Å². The molecular weight excluding hydrogens is 195 g/mol. The van der Waals surface area contributed by atoms with Crippen molar-refractivity contribution >= 4 is 16.8 Å². The molecule has 0 heterocycles. The Morgan fingerprint density at radius 2 is 2.31 bits per heavy atom. The summed E-state index contributed by atoms with van der Waals surface area (Å²) in [5.41, 5.74) is 0.637. The average Bonchev–Trinajstić information content (AvgIpc) is 2.07. The quantitative estimate of drug-likeness (QED) is 0.702. The molecule has 1 aromatic rings. The highest BCUT2D eigenvalue weighted by Crippen LogP contribution is 2.18. The fourth-order valence-electron chi connectivity index (χ4n) is 0.975. The number of ether oxygens (including phenoxy) is 1. The summed E-state index contributed by atoms with van der Waals surface area (Å²) in [6.45, 7) is 0. The Morgan fingerprint density at radius 1 is 1.62 bits per heavy atom. The van der Waals surface area contributed by atoms with Gasteiger partial charge in [-0.15, -0.1) is 0 Å². The van der Waals surface area contributed by atoms with Crippen LogP contribution in [0.15, 0.2) is 18.2 Å². The van der Waals surface area contributed by atoms with Crippen LogP contribution < -0.4 is 4.74 Å². The maximum absolute atomic E-state index is 12.9. The van der Waals surface area contributed by atoms with Crippen LogP contribution >= 0.6 is 11.6 Å². The Kier molecular flexibility index (Phi) is 3.25. The zero-order valence-corrected chi connectivity index (χ0v) is 7.77. The summed E-state index contributed by atoms with van der Waals surface area (Å²) >= 11 is 5.17. The molecule has 0 radical (unpaired) electrons. The first-order valence-corrected chi connectivity index (χ1v) is 4.02. The number of hydrogen-bond donors (Lipinski definition) is 0. The van der Waals surface area contributed by atoms with E-state index in [1.807, 2.05) is 0 Å². The van der Waals surface area contributed by atoms with Gasteiger partial charge in [0.15, 0.2) is 11.6 Å². The van der Waals surface area contributed by atoms with E-state index >= 15 is 0 Å². The molecule has 0 unspecified atom stereocenters. The fourth-order valence-corrected chi connectivity index (χ4v) is 1.13. The topological polar surface area (TPSA) is 26.3 Å². The summed E-state index contributed by atoms with van der Waals surface area (Å²) in [5.74, 6) is -0.330. The Labute approximate surface area is 80.3 Å². The molecule has 70 valence electrons. The highest BCUT2D eigenvalue weighted by molar-refractivity contribution is 6.63. The first-order valence-electron chi connectivity index (χ1n) is 3.64. The van der Waals surface area contributed by atoms with E-state index in [-0.39, 0.29) is 12.2 Å². The van der Waals surface area contributed by atoms with Crippen molar-refractivity contribution in [3.05, 3.63) is 29.6 Å². The summed E-state index contributed by atoms with van der Waals surface area (Å²) in [5, 5.41) is -0.478. The van der Waals surface area contributed by atoms with Crippen LogP contribution in [-0.2, 0) is 11.2 Å². The highest BCUT2D eigenvalue weighted by atomic mass is 35.5. The number of rotatable bonds is 3. The maximum atomic E-state index is 12.9. The van der Waals surface area contributed by atoms with Gasteiger partial charge in [-0.25, -0.2) is 4.39 Å². The van der Waals surface area contributed by atoms with Crippen molar-refractivity contribution in [3.8, 4) is 5.75 Å². The second-order valence-corrected chi connectivity index (χ2v) is 2.92. The molecular formula is C9H8ClFO2. The number of carbonyl (C=O) groups is 1. The molecule has 0 saturated carbocycles. The number of methoxy groups -OCH3 is 1. The van der Waals surface area contributed by atoms with E-state index in [0.29, 0.717) is 5.56 Å². The van der Waals surface area contributed by atoms with Gasteiger partial charge in [0, 0.05) is 6.42 Å². The molecule has 0 aromatic heterocycles. The number of hydrogen-bond acceptors (Lipinski definition) is 2. The van der Waals surface area contributed by atoms with Gasteiger partial charge < -0.3 is 4.74 Å². The van der Waals surface area contributed by atoms with Crippen LogP contribution in [0.2, 0.25) is 0 Å². The van der Waals surface area contributed by atoms with Crippen molar-refractivity contribution in [1.29, 1.82) is 0 Å². The lowest BCUT2D eigenvalue weighted by Gasteiger charge is -2.03. The predicted molar refractivity (Wildman–Crippen MR) is 47.5 cm³/mol. The standard InChI is InChI=1S/C9H8ClFO2/c1-13-8-4-6(5-9(10)12)2-3-7(8)11/h2-4H,5H2,1H3. The number of carbonyl (C=O) groups excluding carboxylic acids is 1. The van der Waals surface area contributed by atoms with Crippen molar-refractivity contribution in [2.24, 2.45) is 0 Å². The summed E-state index contributed by atoms with van der Waals surface area (Å²) in [6.07, 6.45) is 0.0815. The molecule has 0 fully saturated rings. The lowest BCUT2D eigenvalue weighted by Crippen LogP contribution is -1.95. The normalized spacial score (nSPS) is 9.77. The molecule has 0 aliphatic rings. The third kappa shape index (κ3) is 2.70. The smallest absolute Gasteiger partial charge is 0.226 e. The van der Waals surface area contributed by atoms with Gasteiger partial charge >= 0.3 is 0 Å². The van der Waals surface area contributed by atoms with E-state index in [0.717, 1.165) is 0 Å². The van der Waals surface area contributed by atoms with Gasteiger partial charge in [0.2, 0.25) is 5.24 Å². The molecule has 0 aliphatic carbocycles. The number of halogens is 2. The molecule has 0 amide bonds. The Morgan fingerprint density at radius 3 is 2.85 bits per heavy atom. The van der Waals surface area contributed by atoms with E-state index in [2.05, 4.69) is 0 Å². The predicted octanol–water partition coefficient (Wildman–Crippen LogP) is 2.14. The van der Waals surface area contributed by atoms with Crippen molar-refractivity contribution in [1.82, 2.24) is 0 Å². The highest BCUT2D eigenvalue weighted by Gasteiger charge is 2.05. The lowest BCUT2D eigenvalue weighted by molar-refractivity contribution is -0.111. The summed E-state index contributed by atoms with van der Waals surface area (Å²) in [4.78, 5) is 10.5. The van der Waals surface area contributed by atoms with Gasteiger partial charge in [-0.1, -0.05) is 6.07 Å². The maximum Gasteiger partial charge on any atom is 0.226 e. The third-order valence-electron chi connectivity index (χ3n) is 1.56. The van der Waals surface area contributed by atoms with Crippen LogP contribution in [0.5, 0.6) is 5.75 Å². The average molecular weight is 203 g/mol. The van der Waals surface area contributed by atoms with E-state index in [4.69, 9.17) is 16.3 Å². The van der Waals surface area contributed by atoms with E-state index in [1.165, 1.54) is 25.3 Å². The lowest BCUT2D eigenvalue weighted by atomic mass is 10.1. The minimum absolute atomic E-state index is 0.0815. The molecule has 0 bridgehead atoms. The van der Waals surface area contributed by atoms with Gasteiger partial charge in [-0.2, -0.15) is 0 Å². The van der Waals surface area contributed by atoms with E-state index in [1.54, 1.807) is 0 Å². The van der Waals surface area contributed by atoms with Gasteiger partial charge in [0.1, 0.15) is 0 Å². The molecule has 0 aliphatic heterocycles. The molecule has 1 rings (SSSR count).